The number of hydrogen-bond donors (Lipinski definition) is 0. The van der Waals surface area contributed by atoms with Gasteiger partial charge in [0.1, 0.15) is 0 Å². The van der Waals surface area contributed by atoms with Crippen LogP contribution in [0.15, 0.2) is 0 Å². The van der Waals surface area contributed by atoms with Gasteiger partial charge in [-0.05, 0) is 25.0 Å². The lowest BCUT2D eigenvalue weighted by molar-refractivity contribution is -0.143. The van der Waals surface area contributed by atoms with Gasteiger partial charge in [0.25, 0.3) is 12.3 Å². The van der Waals surface area contributed by atoms with E-state index in [0.29, 0.717) is 0 Å². The van der Waals surface area contributed by atoms with Crippen LogP contribution in [0.4, 0.5) is 22.0 Å². The highest BCUT2D eigenvalue weighted by Gasteiger charge is 2.45. The average molecular weight is 336 g/mol. The van der Waals surface area contributed by atoms with Crippen LogP contribution in [0.25, 0.3) is 0 Å². The summed E-state index contributed by atoms with van der Waals surface area (Å²) in [5.74, 6) is -4.16. The molecule has 2 unspecified atom stereocenters. The van der Waals surface area contributed by atoms with Crippen molar-refractivity contribution >= 4 is 17.7 Å². The van der Waals surface area contributed by atoms with Gasteiger partial charge in [-0.1, -0.05) is 13.8 Å². The number of esters is 1. The molecule has 0 aliphatic rings. The number of rotatable bonds is 10. The first-order valence-electron chi connectivity index (χ1n) is 6.66. The highest BCUT2D eigenvalue weighted by molar-refractivity contribution is 8.00. The first kappa shape index (κ1) is 20.5. The second-order valence-corrected chi connectivity index (χ2v) is 6.59. The Hall–Kier alpha value is -0.530. The number of hydrogen-bond acceptors (Lipinski definition) is 3. The minimum absolute atomic E-state index is 0.142. The monoisotopic (exact) mass is 336 g/mol. The smallest absolute Gasteiger partial charge is 0.318 e. The van der Waals surface area contributed by atoms with Crippen molar-refractivity contribution in [2.75, 3.05) is 12.4 Å². The Bertz CT molecular complexity index is 313. The van der Waals surface area contributed by atoms with Crippen molar-refractivity contribution in [3.05, 3.63) is 0 Å². The normalized spacial score (nSPS) is 15.3. The van der Waals surface area contributed by atoms with Crippen molar-refractivity contribution in [2.45, 2.75) is 57.4 Å². The van der Waals surface area contributed by atoms with Crippen LogP contribution in [0.5, 0.6) is 0 Å². The summed E-state index contributed by atoms with van der Waals surface area (Å²) in [6.07, 6.45) is -8.28. The molecule has 21 heavy (non-hydrogen) atoms. The van der Waals surface area contributed by atoms with Gasteiger partial charge in [-0.3, -0.25) is 4.79 Å². The largest absolute Gasteiger partial charge is 0.465 e. The van der Waals surface area contributed by atoms with Crippen LogP contribution >= 0.6 is 11.8 Å². The first-order chi connectivity index (χ1) is 9.58. The number of carbonyl (C=O) groups excluding carboxylic acids is 1. The Labute approximate surface area is 125 Å². The summed E-state index contributed by atoms with van der Waals surface area (Å²) in [7, 11) is 0. The van der Waals surface area contributed by atoms with Crippen LogP contribution in [0.3, 0.4) is 0 Å². The summed E-state index contributed by atoms with van der Waals surface area (Å²) >= 11 is 1.08. The zero-order valence-corrected chi connectivity index (χ0v) is 13.1. The van der Waals surface area contributed by atoms with Crippen LogP contribution < -0.4 is 0 Å². The van der Waals surface area contributed by atoms with Gasteiger partial charge in [-0.2, -0.15) is 0 Å². The molecule has 0 aliphatic heterocycles. The standard InChI is InChI=1S/C13H21F5O2S/c1-8(2)7-20-12(19)9(3)21-6-4-5-13(17,18)10(14)11(15)16/h8-11H,4-7H2,1-3H3. The fraction of sp³-hybridized carbons (Fsp3) is 0.923. The minimum Gasteiger partial charge on any atom is -0.465 e. The molecule has 126 valence electrons. The SMILES string of the molecule is CC(C)COC(=O)C(C)SCCCC(F)(F)C(F)C(F)F. The molecule has 8 heteroatoms. The van der Waals surface area contributed by atoms with E-state index in [1.165, 1.54) is 0 Å². The summed E-state index contributed by atoms with van der Waals surface area (Å²) in [6, 6.07) is 0. The fourth-order valence-electron chi connectivity index (χ4n) is 1.32. The van der Waals surface area contributed by atoms with Crippen molar-refractivity contribution in [2.24, 2.45) is 5.92 Å². The van der Waals surface area contributed by atoms with E-state index in [4.69, 9.17) is 4.74 Å². The van der Waals surface area contributed by atoms with Crippen LogP contribution in [-0.2, 0) is 9.53 Å². The minimum atomic E-state index is -4.05. The molecule has 2 atom stereocenters. The molecule has 0 N–H and O–H groups in total. The molecule has 0 aromatic rings. The van der Waals surface area contributed by atoms with Crippen molar-refractivity contribution in [1.82, 2.24) is 0 Å². The molecule has 0 aromatic heterocycles. The molecule has 0 bridgehead atoms. The van der Waals surface area contributed by atoms with Gasteiger partial charge in [0.05, 0.1) is 11.9 Å². The maximum absolute atomic E-state index is 13.0. The number of alkyl halides is 5. The van der Waals surface area contributed by atoms with Crippen molar-refractivity contribution in [1.29, 1.82) is 0 Å². The average Bonchev–Trinajstić information content (AvgIpc) is 2.39. The van der Waals surface area contributed by atoms with Gasteiger partial charge in [0.15, 0.2) is 0 Å². The second kappa shape index (κ2) is 9.48. The van der Waals surface area contributed by atoms with E-state index in [9.17, 15) is 26.7 Å². The van der Waals surface area contributed by atoms with Gasteiger partial charge in [0.2, 0.25) is 6.17 Å². The van der Waals surface area contributed by atoms with E-state index < -0.39 is 36.2 Å². The van der Waals surface area contributed by atoms with Crippen molar-refractivity contribution in [3.63, 3.8) is 0 Å². The Balaban J connectivity index is 3.96. The summed E-state index contributed by atoms with van der Waals surface area (Å²) in [6.45, 7) is 5.61. The van der Waals surface area contributed by atoms with Gasteiger partial charge in [-0.15, -0.1) is 11.8 Å². The molecule has 0 rings (SSSR count). The molecule has 0 aliphatic carbocycles. The fourth-order valence-corrected chi connectivity index (χ4v) is 2.19. The molecule has 0 radical (unpaired) electrons. The lowest BCUT2D eigenvalue weighted by Gasteiger charge is -2.20. The molecule has 0 amide bonds. The molecular weight excluding hydrogens is 315 g/mol. The van der Waals surface area contributed by atoms with E-state index in [2.05, 4.69) is 0 Å². The zero-order valence-electron chi connectivity index (χ0n) is 12.3. The topological polar surface area (TPSA) is 26.3 Å². The summed E-state index contributed by atoms with van der Waals surface area (Å²) in [4.78, 5) is 11.5. The van der Waals surface area contributed by atoms with E-state index in [1.54, 1.807) is 6.92 Å². The van der Waals surface area contributed by atoms with E-state index in [-0.39, 0.29) is 24.7 Å². The lowest BCUT2D eigenvalue weighted by atomic mass is 10.1. The van der Waals surface area contributed by atoms with Crippen LogP contribution in [0.2, 0.25) is 0 Å². The van der Waals surface area contributed by atoms with Gasteiger partial charge in [-0.25, -0.2) is 22.0 Å². The Morgan fingerprint density at radius 2 is 1.76 bits per heavy atom. The summed E-state index contributed by atoms with van der Waals surface area (Å²) < 4.78 is 67.4. The third-order valence-corrected chi connectivity index (χ3v) is 3.75. The number of ether oxygens (including phenoxy) is 1. The maximum atomic E-state index is 13.0. The third kappa shape index (κ3) is 8.48. The number of thioether (sulfide) groups is 1. The predicted molar refractivity (Wildman–Crippen MR) is 72.8 cm³/mol. The van der Waals surface area contributed by atoms with Crippen LogP contribution in [0.1, 0.15) is 33.6 Å². The summed E-state index contributed by atoms with van der Waals surface area (Å²) in [5, 5.41) is -0.534. The van der Waals surface area contributed by atoms with Crippen LogP contribution in [0, 0.1) is 5.92 Å². The molecular formula is C13H21F5O2S. The zero-order chi connectivity index (χ0) is 16.6. The molecule has 0 aromatic carbocycles. The molecule has 0 saturated carbocycles. The summed E-state index contributed by atoms with van der Waals surface area (Å²) in [5.41, 5.74) is 0. The lowest BCUT2D eigenvalue weighted by Crippen LogP contribution is -2.35. The van der Waals surface area contributed by atoms with E-state index in [1.807, 2.05) is 13.8 Å². The predicted octanol–water partition coefficient (Wildman–Crippen LogP) is 4.33. The Kier molecular flexibility index (Phi) is 9.24. The first-order valence-corrected chi connectivity index (χ1v) is 7.71. The van der Waals surface area contributed by atoms with Gasteiger partial charge < -0.3 is 4.74 Å². The Morgan fingerprint density at radius 1 is 1.19 bits per heavy atom. The van der Waals surface area contributed by atoms with Crippen LogP contribution in [-0.4, -0.2) is 42.1 Å². The molecule has 2 nitrogen and oxygen atoms in total. The maximum Gasteiger partial charge on any atom is 0.318 e. The van der Waals surface area contributed by atoms with Gasteiger partial charge in [0, 0.05) is 6.42 Å². The number of halogens is 5. The highest BCUT2D eigenvalue weighted by atomic mass is 32.2. The quantitative estimate of drug-likeness (QED) is 0.337. The third-order valence-electron chi connectivity index (χ3n) is 2.54. The number of carbonyl (C=O) groups is 1. The Morgan fingerprint density at radius 3 is 2.24 bits per heavy atom. The molecule has 0 fully saturated rings. The molecule has 0 saturated heterocycles. The second-order valence-electron chi connectivity index (χ2n) is 5.14. The molecule has 0 spiro atoms. The van der Waals surface area contributed by atoms with E-state index in [0.717, 1.165) is 11.8 Å². The van der Waals surface area contributed by atoms with Gasteiger partial charge >= 0.3 is 5.97 Å². The van der Waals surface area contributed by atoms with Crippen molar-refractivity contribution < 1.29 is 31.5 Å². The van der Waals surface area contributed by atoms with E-state index >= 15 is 0 Å². The molecule has 0 heterocycles. The highest BCUT2D eigenvalue weighted by Crippen LogP contribution is 2.31. The van der Waals surface area contributed by atoms with Crippen molar-refractivity contribution in [3.8, 4) is 0 Å².